The molecule has 7 rings (SSSR count). The van der Waals surface area contributed by atoms with Gasteiger partial charge in [0.2, 0.25) is 0 Å². The molecule has 0 saturated heterocycles. The maximum atomic E-state index is 14.1. The zero-order chi connectivity index (χ0) is 35.6. The van der Waals surface area contributed by atoms with Crippen molar-refractivity contribution in [2.45, 2.75) is 63.2 Å². The van der Waals surface area contributed by atoms with Crippen LogP contribution in [-0.2, 0) is 39.6 Å². The van der Waals surface area contributed by atoms with Gasteiger partial charge < -0.3 is 33.4 Å². The summed E-state index contributed by atoms with van der Waals surface area (Å²) < 4.78 is 32.3. The second-order valence-corrected chi connectivity index (χ2v) is 15.4. The van der Waals surface area contributed by atoms with Gasteiger partial charge in [-0.3, -0.25) is 9.48 Å². The minimum Gasteiger partial charge on any atom is -0.491 e. The van der Waals surface area contributed by atoms with E-state index in [-0.39, 0.29) is 23.5 Å². The van der Waals surface area contributed by atoms with Gasteiger partial charge >= 0.3 is 0 Å². The Morgan fingerprint density at radius 2 is 1.96 bits per heavy atom. The second-order valence-electron chi connectivity index (χ2n) is 13.7. The van der Waals surface area contributed by atoms with Gasteiger partial charge in [-0.25, -0.2) is 9.97 Å². The average Bonchev–Trinajstić information content (AvgIpc) is 3.49. The van der Waals surface area contributed by atoms with Crippen molar-refractivity contribution in [3.05, 3.63) is 82.8 Å². The molecule has 2 aliphatic heterocycles. The van der Waals surface area contributed by atoms with Crippen molar-refractivity contribution in [3.63, 3.8) is 0 Å². The minimum atomic E-state index is -2.14. The molecule has 1 amide bonds. The number of fused-ring (bicyclic) bond motifs is 4. The quantitative estimate of drug-likeness (QED) is 0.188. The third kappa shape index (κ3) is 7.62. The molecule has 14 heteroatoms. The Labute approximate surface area is 304 Å². The van der Waals surface area contributed by atoms with Gasteiger partial charge in [0.05, 0.1) is 29.9 Å². The van der Waals surface area contributed by atoms with Crippen LogP contribution in [0.25, 0.3) is 11.0 Å². The number of methoxy groups -OCH3 is 1. The Morgan fingerprint density at radius 1 is 1.10 bits per heavy atom. The zero-order valence-electron chi connectivity index (χ0n) is 28.9. The molecule has 12 nitrogen and oxygen atoms in total. The number of halogens is 1. The number of aryl methyl sites for hydroxylation is 2. The van der Waals surface area contributed by atoms with E-state index in [0.717, 1.165) is 37.8 Å². The Morgan fingerprint density at radius 3 is 2.76 bits per heavy atom. The van der Waals surface area contributed by atoms with Crippen molar-refractivity contribution in [3.8, 4) is 5.75 Å². The number of nitrogens with zero attached hydrogens (tertiary/aromatic N) is 6. The van der Waals surface area contributed by atoms with Crippen molar-refractivity contribution in [1.82, 2.24) is 19.7 Å². The van der Waals surface area contributed by atoms with Crippen LogP contribution in [0.15, 0.2) is 65.4 Å². The van der Waals surface area contributed by atoms with Gasteiger partial charge in [0.25, 0.3) is 5.91 Å². The first-order valence-electron chi connectivity index (χ1n) is 17.4. The van der Waals surface area contributed by atoms with Crippen LogP contribution in [0.1, 0.15) is 54.1 Å². The lowest BCUT2D eigenvalue weighted by molar-refractivity contribution is 0.0126. The minimum absolute atomic E-state index is 0.205. The molecule has 51 heavy (non-hydrogen) atoms. The Bertz CT molecular complexity index is 2030. The predicted octanol–water partition coefficient (Wildman–Crippen LogP) is 6.07. The van der Waals surface area contributed by atoms with Crippen LogP contribution in [0.4, 0.5) is 11.5 Å². The van der Waals surface area contributed by atoms with E-state index in [1.54, 1.807) is 44.1 Å². The fourth-order valence-corrected chi connectivity index (χ4v) is 8.64. The van der Waals surface area contributed by atoms with E-state index in [1.807, 2.05) is 24.3 Å². The molecule has 2 aromatic heterocycles. The zero-order valence-corrected chi connectivity index (χ0v) is 30.5. The molecular weight excluding hydrogens is 690 g/mol. The van der Waals surface area contributed by atoms with Crippen molar-refractivity contribution < 1.29 is 23.6 Å². The van der Waals surface area contributed by atoms with Gasteiger partial charge in [-0.1, -0.05) is 36.7 Å². The average molecular weight is 733 g/mol. The molecule has 1 unspecified atom stereocenters. The molecule has 0 spiro atoms. The number of benzene rings is 2. The molecule has 2 aromatic carbocycles. The van der Waals surface area contributed by atoms with Crippen molar-refractivity contribution >= 4 is 50.6 Å². The van der Waals surface area contributed by atoms with Crippen LogP contribution < -0.4 is 15.0 Å². The van der Waals surface area contributed by atoms with Gasteiger partial charge in [-0.2, -0.15) is 15.7 Å². The van der Waals surface area contributed by atoms with Gasteiger partial charge in [-0.05, 0) is 96.7 Å². The van der Waals surface area contributed by atoms with E-state index < -0.39 is 33.9 Å². The molecule has 1 saturated carbocycles. The molecular formula is C37H43ClN7O5S-. The number of nitrogens with one attached hydrogen (secondary N) is 1. The molecule has 270 valence electrons. The number of hydrogen-bond donors (Lipinski definition) is 2. The summed E-state index contributed by atoms with van der Waals surface area (Å²) in [6, 6.07) is 11.4. The van der Waals surface area contributed by atoms with Crippen LogP contribution in [0.2, 0.25) is 5.02 Å². The van der Waals surface area contributed by atoms with E-state index in [0.29, 0.717) is 47.3 Å². The molecule has 1 fully saturated rings. The highest BCUT2D eigenvalue weighted by molar-refractivity contribution is 7.76. The predicted molar refractivity (Wildman–Crippen MR) is 197 cm³/mol. The number of rotatable bonds is 3. The monoisotopic (exact) mass is 732 g/mol. The molecule has 2 N–H and O–H groups in total. The van der Waals surface area contributed by atoms with E-state index in [4.69, 9.17) is 21.1 Å². The van der Waals surface area contributed by atoms with E-state index >= 15 is 0 Å². The third-order valence-electron chi connectivity index (χ3n) is 10.4. The van der Waals surface area contributed by atoms with Crippen molar-refractivity contribution in [2.75, 3.05) is 30.5 Å². The van der Waals surface area contributed by atoms with Crippen LogP contribution in [0.5, 0.6) is 5.75 Å². The van der Waals surface area contributed by atoms with Crippen LogP contribution in [0.3, 0.4) is 0 Å². The third-order valence-corrected chi connectivity index (χ3v) is 12.0. The SMILES string of the molecule is CO[C@H]1/C=C/[C@H](O)[C@H](C)C(Nc2ncnc3nn(C)cc23)[S-](=O)=NC(=O)c2ccc3c(c2)N(Cc2ccc(Cl)cc2CCCCO3)C[C@@H]2CC[C@H]21. The number of aromatic nitrogens is 4. The summed E-state index contributed by atoms with van der Waals surface area (Å²) in [6.45, 7) is 3.58. The summed E-state index contributed by atoms with van der Waals surface area (Å²) in [4.78, 5) is 24.8. The summed E-state index contributed by atoms with van der Waals surface area (Å²) in [5.41, 5.74) is 3.89. The highest BCUT2D eigenvalue weighted by Crippen LogP contribution is 2.42. The van der Waals surface area contributed by atoms with E-state index in [9.17, 15) is 14.1 Å². The number of hydrogen-bond acceptors (Lipinski definition) is 11. The fourth-order valence-electron chi connectivity index (χ4n) is 7.32. The number of ether oxygens (including phenoxy) is 2. The first-order valence-corrected chi connectivity index (χ1v) is 19.0. The van der Waals surface area contributed by atoms with Crippen LogP contribution in [0, 0.1) is 17.8 Å². The lowest BCUT2D eigenvalue weighted by atomic mass is 9.70. The standard InChI is InChI=1S/C37H43ClN7O5S/c1-22-31(46)12-14-32(49-3)28-11-8-26(28)19-45-18-25-7-10-27(38)16-23(25)6-4-5-15-50-33-13-9-24(17-30(33)45)36(47)43-51(48)37(22)41-34-29-20-44(2)42-35(29)40-21-39-34/h7,9-10,12-14,16-17,20-22,26,28,31-32,37,46H,4-6,8,11,15,18-19H2,1-3H3,(H,39,40,41,42)/q-1/b14-12+/t22-,26-,28+,31-,32-,37?/m0/s1. The van der Waals surface area contributed by atoms with E-state index in [2.05, 4.69) is 41.8 Å². The second kappa shape index (κ2) is 15.3. The fraction of sp³-hybridized carbons (Fsp3) is 0.459. The van der Waals surface area contributed by atoms with Crippen molar-refractivity contribution in [1.29, 1.82) is 0 Å². The molecule has 6 atom stereocenters. The Kier molecular flexibility index (Phi) is 10.6. The normalized spacial score (nSPS) is 26.8. The molecule has 4 heterocycles. The summed E-state index contributed by atoms with van der Waals surface area (Å²) in [5.74, 6) is 0.248. The van der Waals surface area contributed by atoms with Gasteiger partial charge in [0.15, 0.2) is 5.65 Å². The van der Waals surface area contributed by atoms with Gasteiger partial charge in [0.1, 0.15) is 17.9 Å². The lowest BCUT2D eigenvalue weighted by Crippen LogP contribution is -2.43. The highest BCUT2D eigenvalue weighted by atomic mass is 35.5. The number of anilines is 2. The molecule has 4 aromatic rings. The number of carbonyl (C=O) groups is 1. The summed E-state index contributed by atoms with van der Waals surface area (Å²) >= 11 is 6.46. The maximum Gasteiger partial charge on any atom is 0.254 e. The first kappa shape index (κ1) is 35.4. The summed E-state index contributed by atoms with van der Waals surface area (Å²) in [6.07, 6.45) is 10.1. The van der Waals surface area contributed by atoms with Crippen molar-refractivity contribution in [2.24, 2.45) is 29.2 Å². The topological polar surface area (TPSA) is 144 Å². The Hall–Kier alpha value is -4.04. The smallest absolute Gasteiger partial charge is 0.254 e. The number of aliphatic hydroxyl groups excluding tert-OH is 1. The molecule has 0 radical (unpaired) electrons. The Balaban J connectivity index is 1.33. The molecule has 3 aliphatic rings. The number of carbonyl (C=O) groups excluding carboxylic acids is 1. The highest BCUT2D eigenvalue weighted by Gasteiger charge is 2.38. The lowest BCUT2D eigenvalue weighted by Gasteiger charge is -2.44. The van der Waals surface area contributed by atoms with E-state index in [1.165, 1.54) is 17.5 Å². The molecule has 1 aliphatic carbocycles. The van der Waals surface area contributed by atoms with Crippen LogP contribution in [-0.4, -0.2) is 68.6 Å². The first-order chi connectivity index (χ1) is 24.7. The number of aliphatic hydroxyl groups is 1. The summed E-state index contributed by atoms with van der Waals surface area (Å²) in [7, 11) is 1.32. The molecule has 2 bridgehead atoms. The largest absolute Gasteiger partial charge is 0.491 e. The van der Waals surface area contributed by atoms with Gasteiger partial charge in [0, 0.05) is 44.0 Å². The summed E-state index contributed by atoms with van der Waals surface area (Å²) in [5, 5.41) is 19.4. The maximum absolute atomic E-state index is 14.1. The van der Waals surface area contributed by atoms with Crippen LogP contribution >= 0.6 is 11.6 Å². The van der Waals surface area contributed by atoms with Gasteiger partial charge in [-0.15, -0.1) is 0 Å². The number of amides is 1.